The highest BCUT2D eigenvalue weighted by molar-refractivity contribution is 5.82. The van der Waals surface area contributed by atoms with E-state index in [0.717, 1.165) is 16.9 Å². The molecule has 10 heteroatoms. The molecule has 192 valence electrons. The summed E-state index contributed by atoms with van der Waals surface area (Å²) in [4.78, 5) is 42.0. The highest BCUT2D eigenvalue weighted by Crippen LogP contribution is 2.18. The molecule has 36 heavy (non-hydrogen) atoms. The van der Waals surface area contributed by atoms with Gasteiger partial charge in [-0.2, -0.15) is 0 Å². The number of H-pyrrole nitrogens is 1. The Morgan fingerprint density at radius 3 is 2.61 bits per heavy atom. The minimum Gasteiger partial charge on any atom is -0.492 e. The number of carbonyl (C=O) groups is 1. The van der Waals surface area contributed by atoms with Gasteiger partial charge >= 0.3 is 5.69 Å². The van der Waals surface area contributed by atoms with Crippen LogP contribution in [0.25, 0.3) is 0 Å². The second kappa shape index (κ2) is 13.1. The number of anilines is 2. The molecule has 3 rings (SSSR count). The Morgan fingerprint density at radius 1 is 1.11 bits per heavy atom. The summed E-state index contributed by atoms with van der Waals surface area (Å²) < 4.78 is 12.1. The maximum atomic E-state index is 12.8. The van der Waals surface area contributed by atoms with E-state index in [1.165, 1.54) is 4.57 Å². The summed E-state index contributed by atoms with van der Waals surface area (Å²) in [7, 11) is 1.58. The largest absolute Gasteiger partial charge is 0.492 e. The van der Waals surface area contributed by atoms with E-state index >= 15 is 0 Å². The number of amides is 1. The first kappa shape index (κ1) is 26.6. The molecule has 0 atom stereocenters. The minimum absolute atomic E-state index is 0.000556. The van der Waals surface area contributed by atoms with Gasteiger partial charge in [-0.05, 0) is 36.6 Å². The van der Waals surface area contributed by atoms with Gasteiger partial charge < -0.3 is 25.4 Å². The number of rotatable bonds is 13. The number of nitrogens with zero attached hydrogens (tertiary/aromatic N) is 2. The van der Waals surface area contributed by atoms with Crippen molar-refractivity contribution >= 4 is 17.4 Å². The van der Waals surface area contributed by atoms with Gasteiger partial charge in [0, 0.05) is 20.3 Å². The Balaban J connectivity index is 1.73. The predicted octanol–water partition coefficient (Wildman–Crippen LogP) is 1.51. The van der Waals surface area contributed by atoms with Crippen LogP contribution >= 0.6 is 0 Å². The summed E-state index contributed by atoms with van der Waals surface area (Å²) in [6, 6.07) is 16.9. The van der Waals surface area contributed by atoms with E-state index < -0.39 is 11.2 Å². The fraction of sp³-hybridized carbons (Fsp3) is 0.346. The number of ether oxygens (including phenoxy) is 2. The number of nitrogens with two attached hydrogens (primary N) is 1. The number of benzene rings is 2. The SMILES string of the molecule is COCCCN(CC(=O)NCCOc1cccc(C)c1)c1c(N)n(Cc2ccccc2)c(=O)[nH]c1=O. The van der Waals surface area contributed by atoms with Gasteiger partial charge in [-0.15, -0.1) is 0 Å². The zero-order valence-corrected chi connectivity index (χ0v) is 20.7. The molecule has 0 saturated carbocycles. The molecule has 0 unspecified atom stereocenters. The van der Waals surface area contributed by atoms with Crippen LogP contribution in [0.1, 0.15) is 17.5 Å². The van der Waals surface area contributed by atoms with Gasteiger partial charge in [-0.1, -0.05) is 42.5 Å². The summed E-state index contributed by atoms with van der Waals surface area (Å²) in [5, 5.41) is 2.80. The average Bonchev–Trinajstić information content (AvgIpc) is 2.85. The van der Waals surface area contributed by atoms with Crippen molar-refractivity contribution in [3.8, 4) is 5.75 Å². The van der Waals surface area contributed by atoms with Crippen LogP contribution in [-0.2, 0) is 16.1 Å². The molecular formula is C26H33N5O5. The Hall–Kier alpha value is -4.05. The zero-order chi connectivity index (χ0) is 25.9. The van der Waals surface area contributed by atoms with E-state index in [4.69, 9.17) is 15.2 Å². The Kier molecular flexibility index (Phi) is 9.70. The molecule has 1 amide bonds. The normalized spacial score (nSPS) is 10.7. The van der Waals surface area contributed by atoms with E-state index in [-0.39, 0.29) is 37.0 Å². The van der Waals surface area contributed by atoms with Crippen molar-refractivity contribution in [2.24, 2.45) is 0 Å². The van der Waals surface area contributed by atoms with Gasteiger partial charge in [0.1, 0.15) is 23.9 Å². The van der Waals surface area contributed by atoms with Crippen molar-refractivity contribution in [3.63, 3.8) is 0 Å². The predicted molar refractivity (Wildman–Crippen MR) is 140 cm³/mol. The van der Waals surface area contributed by atoms with Gasteiger partial charge in [0.25, 0.3) is 5.56 Å². The van der Waals surface area contributed by atoms with Crippen LogP contribution in [0.2, 0.25) is 0 Å². The molecule has 2 aromatic carbocycles. The molecule has 0 aliphatic carbocycles. The Bertz CT molecular complexity index is 1260. The third-order valence-electron chi connectivity index (χ3n) is 5.51. The van der Waals surface area contributed by atoms with E-state index in [2.05, 4.69) is 10.3 Å². The van der Waals surface area contributed by atoms with Crippen molar-refractivity contribution in [2.45, 2.75) is 19.9 Å². The van der Waals surface area contributed by atoms with Crippen molar-refractivity contribution in [2.75, 3.05) is 50.6 Å². The summed E-state index contributed by atoms with van der Waals surface area (Å²) in [5.41, 5.74) is 7.08. The van der Waals surface area contributed by atoms with Crippen LogP contribution in [0.15, 0.2) is 64.2 Å². The van der Waals surface area contributed by atoms with E-state index in [1.54, 1.807) is 12.0 Å². The van der Waals surface area contributed by atoms with Crippen molar-refractivity contribution in [3.05, 3.63) is 86.6 Å². The first-order valence-corrected chi connectivity index (χ1v) is 11.8. The minimum atomic E-state index is -0.644. The van der Waals surface area contributed by atoms with E-state index in [9.17, 15) is 14.4 Å². The zero-order valence-electron chi connectivity index (χ0n) is 20.7. The maximum Gasteiger partial charge on any atom is 0.330 e. The second-order valence-electron chi connectivity index (χ2n) is 8.35. The summed E-state index contributed by atoms with van der Waals surface area (Å²) in [6.45, 7) is 3.39. The first-order chi connectivity index (χ1) is 17.4. The molecule has 0 aliphatic rings. The fourth-order valence-electron chi connectivity index (χ4n) is 3.77. The summed E-state index contributed by atoms with van der Waals surface area (Å²) in [5.74, 6) is 0.422. The van der Waals surface area contributed by atoms with Crippen molar-refractivity contribution in [1.29, 1.82) is 0 Å². The van der Waals surface area contributed by atoms with Gasteiger partial charge in [0.05, 0.1) is 19.6 Å². The fourth-order valence-corrected chi connectivity index (χ4v) is 3.77. The number of methoxy groups -OCH3 is 1. The molecule has 3 aromatic rings. The number of aromatic amines is 1. The molecule has 0 fully saturated rings. The number of hydrogen-bond donors (Lipinski definition) is 3. The second-order valence-corrected chi connectivity index (χ2v) is 8.35. The van der Waals surface area contributed by atoms with Crippen LogP contribution in [0, 0.1) is 6.92 Å². The molecule has 0 aliphatic heterocycles. The number of nitrogens with one attached hydrogen (secondary N) is 2. The quantitative estimate of drug-likeness (QED) is 0.306. The molecule has 0 bridgehead atoms. The summed E-state index contributed by atoms with van der Waals surface area (Å²) in [6.07, 6.45) is 0.553. The van der Waals surface area contributed by atoms with Crippen molar-refractivity contribution < 1.29 is 14.3 Å². The molecule has 0 spiro atoms. The van der Waals surface area contributed by atoms with Crippen LogP contribution in [0.5, 0.6) is 5.75 Å². The first-order valence-electron chi connectivity index (χ1n) is 11.8. The lowest BCUT2D eigenvalue weighted by Gasteiger charge is -2.25. The monoisotopic (exact) mass is 495 g/mol. The van der Waals surface area contributed by atoms with Gasteiger partial charge in [0.2, 0.25) is 5.91 Å². The molecule has 10 nitrogen and oxygen atoms in total. The van der Waals surface area contributed by atoms with Gasteiger partial charge in [-0.25, -0.2) is 4.79 Å². The Labute approximate surface area is 209 Å². The molecule has 4 N–H and O–H groups in total. The maximum absolute atomic E-state index is 12.8. The highest BCUT2D eigenvalue weighted by Gasteiger charge is 2.21. The number of aromatic nitrogens is 2. The smallest absolute Gasteiger partial charge is 0.330 e. The number of nitrogen functional groups attached to an aromatic ring is 1. The van der Waals surface area contributed by atoms with Crippen LogP contribution in [0.3, 0.4) is 0 Å². The molecule has 1 heterocycles. The molecular weight excluding hydrogens is 462 g/mol. The lowest BCUT2D eigenvalue weighted by molar-refractivity contribution is -0.119. The van der Waals surface area contributed by atoms with E-state index in [0.29, 0.717) is 26.2 Å². The Morgan fingerprint density at radius 2 is 1.89 bits per heavy atom. The third-order valence-corrected chi connectivity index (χ3v) is 5.51. The topological polar surface area (TPSA) is 132 Å². The van der Waals surface area contributed by atoms with Gasteiger partial charge in [-0.3, -0.25) is 19.1 Å². The van der Waals surface area contributed by atoms with Crippen LogP contribution in [0.4, 0.5) is 11.5 Å². The lowest BCUT2D eigenvalue weighted by atomic mass is 10.2. The molecule has 0 radical (unpaired) electrons. The third kappa shape index (κ3) is 7.47. The van der Waals surface area contributed by atoms with Crippen LogP contribution in [-0.4, -0.2) is 55.4 Å². The lowest BCUT2D eigenvalue weighted by Crippen LogP contribution is -2.44. The van der Waals surface area contributed by atoms with Gasteiger partial charge in [0.15, 0.2) is 0 Å². The number of aryl methyl sites for hydroxylation is 1. The van der Waals surface area contributed by atoms with E-state index in [1.807, 2.05) is 61.5 Å². The number of hydrogen-bond acceptors (Lipinski definition) is 7. The number of carbonyl (C=O) groups excluding carboxylic acids is 1. The van der Waals surface area contributed by atoms with Crippen molar-refractivity contribution in [1.82, 2.24) is 14.9 Å². The molecule has 1 aromatic heterocycles. The standard InChI is InChI=1S/C26H33N5O5/c1-19-8-6-11-21(16-19)36-15-12-28-22(32)18-30(13-7-14-35-2)23-24(27)31(26(34)29-25(23)33)17-20-9-4-3-5-10-20/h3-6,8-11,16H,7,12-15,17-18,27H2,1-2H3,(H,28,32)(H,29,33,34). The summed E-state index contributed by atoms with van der Waals surface area (Å²) >= 11 is 0. The highest BCUT2D eigenvalue weighted by atomic mass is 16.5. The average molecular weight is 496 g/mol. The molecule has 0 saturated heterocycles. The van der Waals surface area contributed by atoms with Crippen LogP contribution < -0.4 is 31.9 Å².